The van der Waals surface area contributed by atoms with Crippen LogP contribution >= 0.6 is 0 Å². The van der Waals surface area contributed by atoms with Crippen LogP contribution in [0.15, 0.2) is 18.2 Å². The van der Waals surface area contributed by atoms with Crippen LogP contribution < -0.4 is 5.32 Å². The molecule has 0 saturated heterocycles. The summed E-state index contributed by atoms with van der Waals surface area (Å²) in [6, 6.07) is 5.91. The topological polar surface area (TPSA) is 70.2 Å². The van der Waals surface area contributed by atoms with E-state index in [0.29, 0.717) is 13.2 Å². The number of ether oxygens (including phenoxy) is 1. The van der Waals surface area contributed by atoms with Crippen LogP contribution in [-0.2, 0) is 9.53 Å². The minimum Gasteiger partial charge on any atom is -0.383 e. The zero-order chi connectivity index (χ0) is 16.1. The predicted octanol–water partition coefficient (Wildman–Crippen LogP) is 1.63. The molecule has 1 aromatic carbocycles. The minimum absolute atomic E-state index is 0.0252. The Kier molecular flexibility index (Phi) is 5.51. The Balaban J connectivity index is 1.95. The van der Waals surface area contributed by atoms with Gasteiger partial charge in [0.2, 0.25) is 5.91 Å². The van der Waals surface area contributed by atoms with Gasteiger partial charge >= 0.3 is 0 Å². The molecule has 0 bridgehead atoms. The number of methoxy groups -OCH3 is 1. The molecule has 0 spiro atoms. The van der Waals surface area contributed by atoms with Crippen molar-refractivity contribution in [3.05, 3.63) is 29.6 Å². The predicted molar refractivity (Wildman–Crippen MR) is 86.8 cm³/mol. The number of imidazole rings is 1. The van der Waals surface area contributed by atoms with Crippen molar-refractivity contribution in [2.75, 3.05) is 33.9 Å². The van der Waals surface area contributed by atoms with Crippen LogP contribution in [-0.4, -0.2) is 54.6 Å². The Morgan fingerprint density at radius 2 is 2.27 bits per heavy atom. The highest BCUT2D eigenvalue weighted by atomic mass is 16.5. The van der Waals surface area contributed by atoms with Crippen LogP contribution in [0.25, 0.3) is 11.0 Å². The van der Waals surface area contributed by atoms with Crippen LogP contribution in [0.5, 0.6) is 0 Å². The average Bonchev–Trinajstić information content (AvgIpc) is 2.88. The summed E-state index contributed by atoms with van der Waals surface area (Å²) in [5, 5.41) is 2.96. The van der Waals surface area contributed by atoms with Gasteiger partial charge in [-0.15, -0.1) is 0 Å². The maximum Gasteiger partial charge on any atom is 0.234 e. The number of carbonyl (C=O) groups is 1. The van der Waals surface area contributed by atoms with Gasteiger partial charge in [0.25, 0.3) is 0 Å². The molecule has 22 heavy (non-hydrogen) atoms. The number of aryl methyl sites for hydroxylation is 1. The van der Waals surface area contributed by atoms with E-state index in [-0.39, 0.29) is 11.9 Å². The molecule has 1 amide bonds. The van der Waals surface area contributed by atoms with Gasteiger partial charge in [-0.3, -0.25) is 9.69 Å². The van der Waals surface area contributed by atoms with Gasteiger partial charge in [0.1, 0.15) is 5.82 Å². The van der Waals surface area contributed by atoms with Gasteiger partial charge in [-0.1, -0.05) is 6.07 Å². The third-order valence-electron chi connectivity index (χ3n) is 3.53. The fourth-order valence-corrected chi connectivity index (χ4v) is 2.28. The van der Waals surface area contributed by atoms with Crippen LogP contribution in [0.3, 0.4) is 0 Å². The molecule has 1 aromatic heterocycles. The number of fused-ring (bicyclic) bond motifs is 1. The van der Waals surface area contributed by atoms with E-state index < -0.39 is 0 Å². The summed E-state index contributed by atoms with van der Waals surface area (Å²) in [5.41, 5.74) is 3.09. The van der Waals surface area contributed by atoms with Gasteiger partial charge < -0.3 is 15.0 Å². The molecule has 2 rings (SSSR count). The third-order valence-corrected chi connectivity index (χ3v) is 3.53. The highest BCUT2D eigenvalue weighted by Gasteiger charge is 2.14. The molecule has 0 aliphatic carbocycles. The quantitative estimate of drug-likeness (QED) is 0.815. The molecule has 6 heteroatoms. The lowest BCUT2D eigenvalue weighted by Gasteiger charge is -2.17. The maximum atomic E-state index is 12.0. The number of amides is 1. The van der Waals surface area contributed by atoms with Crippen molar-refractivity contribution in [2.24, 2.45) is 0 Å². The Morgan fingerprint density at radius 3 is 3.00 bits per heavy atom. The molecule has 1 heterocycles. The van der Waals surface area contributed by atoms with Crippen molar-refractivity contribution < 1.29 is 9.53 Å². The Hall–Kier alpha value is -1.92. The summed E-state index contributed by atoms with van der Waals surface area (Å²) < 4.78 is 5.00. The second-order valence-electron chi connectivity index (χ2n) is 5.66. The van der Waals surface area contributed by atoms with E-state index in [1.165, 1.54) is 5.56 Å². The molecular weight excluding hydrogens is 280 g/mol. The standard InChI is InChI=1S/C16H24N4O2/c1-11-5-6-13-14(9-11)19-16(18-13)12(2)17-15(21)10-20(3)7-8-22-4/h5-6,9,12H,7-8,10H2,1-4H3,(H,17,21)(H,18,19)/t12-/m1/s1. The SMILES string of the molecule is COCCN(C)CC(=O)N[C@H](C)c1nc2ccc(C)cc2[nH]1. The normalized spacial score (nSPS) is 12.8. The van der Waals surface area contributed by atoms with Crippen molar-refractivity contribution in [3.63, 3.8) is 0 Å². The first-order chi connectivity index (χ1) is 10.5. The van der Waals surface area contributed by atoms with Gasteiger partial charge in [0.15, 0.2) is 0 Å². The fourth-order valence-electron chi connectivity index (χ4n) is 2.28. The molecule has 0 aliphatic heterocycles. The number of nitrogens with one attached hydrogen (secondary N) is 2. The van der Waals surface area contributed by atoms with Crippen molar-refractivity contribution in [1.82, 2.24) is 20.2 Å². The number of hydrogen-bond donors (Lipinski definition) is 2. The van der Waals surface area contributed by atoms with E-state index in [1.54, 1.807) is 7.11 Å². The number of benzene rings is 1. The first-order valence-corrected chi connectivity index (χ1v) is 7.42. The number of carbonyl (C=O) groups excluding carboxylic acids is 1. The van der Waals surface area contributed by atoms with Crippen LogP contribution in [0, 0.1) is 6.92 Å². The average molecular weight is 304 g/mol. The molecule has 0 radical (unpaired) electrons. The molecule has 0 unspecified atom stereocenters. The molecule has 2 N–H and O–H groups in total. The molecular formula is C16H24N4O2. The molecule has 0 saturated carbocycles. The summed E-state index contributed by atoms with van der Waals surface area (Å²) in [5.74, 6) is 0.747. The number of H-pyrrole nitrogens is 1. The Bertz CT molecular complexity index is 638. The van der Waals surface area contributed by atoms with Crippen molar-refractivity contribution in [2.45, 2.75) is 19.9 Å². The first kappa shape index (κ1) is 16.5. The second-order valence-corrected chi connectivity index (χ2v) is 5.66. The summed E-state index contributed by atoms with van der Waals surface area (Å²) >= 11 is 0. The molecule has 1 atom stereocenters. The maximum absolute atomic E-state index is 12.0. The summed E-state index contributed by atoms with van der Waals surface area (Å²) in [6.45, 7) is 5.65. The minimum atomic E-state index is -0.156. The van der Waals surface area contributed by atoms with Crippen molar-refractivity contribution in [1.29, 1.82) is 0 Å². The van der Waals surface area contributed by atoms with E-state index >= 15 is 0 Å². The smallest absolute Gasteiger partial charge is 0.234 e. The van der Waals surface area contributed by atoms with Gasteiger partial charge in [0.05, 0.1) is 30.2 Å². The van der Waals surface area contributed by atoms with Gasteiger partial charge in [-0.2, -0.15) is 0 Å². The van der Waals surface area contributed by atoms with E-state index in [1.807, 2.05) is 37.9 Å². The highest BCUT2D eigenvalue weighted by Crippen LogP contribution is 2.17. The third kappa shape index (κ3) is 4.29. The van der Waals surface area contributed by atoms with E-state index in [9.17, 15) is 4.79 Å². The number of rotatable bonds is 7. The molecule has 120 valence electrons. The summed E-state index contributed by atoms with van der Waals surface area (Å²) in [6.07, 6.45) is 0. The number of hydrogen-bond acceptors (Lipinski definition) is 4. The second kappa shape index (κ2) is 7.38. The van der Waals surface area contributed by atoms with Crippen LogP contribution in [0.1, 0.15) is 24.4 Å². The van der Waals surface area contributed by atoms with Crippen LogP contribution in [0.2, 0.25) is 0 Å². The first-order valence-electron chi connectivity index (χ1n) is 7.42. The zero-order valence-corrected chi connectivity index (χ0v) is 13.6. The largest absolute Gasteiger partial charge is 0.383 e. The van der Waals surface area contributed by atoms with Gasteiger partial charge in [-0.05, 0) is 38.6 Å². The Labute approximate surface area is 130 Å². The molecule has 0 fully saturated rings. The Morgan fingerprint density at radius 1 is 1.50 bits per heavy atom. The van der Waals surface area contributed by atoms with Gasteiger partial charge in [0, 0.05) is 13.7 Å². The molecule has 2 aromatic rings. The molecule has 6 nitrogen and oxygen atoms in total. The summed E-state index contributed by atoms with van der Waals surface area (Å²) in [4.78, 5) is 21.8. The monoisotopic (exact) mass is 304 g/mol. The number of likely N-dealkylation sites (N-methyl/N-ethyl adjacent to an activating group) is 1. The molecule has 0 aliphatic rings. The van der Waals surface area contributed by atoms with Crippen molar-refractivity contribution >= 4 is 16.9 Å². The lowest BCUT2D eigenvalue weighted by atomic mass is 10.2. The van der Waals surface area contributed by atoms with E-state index in [0.717, 1.165) is 23.4 Å². The lowest BCUT2D eigenvalue weighted by Crippen LogP contribution is -2.37. The number of aromatic amines is 1. The zero-order valence-electron chi connectivity index (χ0n) is 13.6. The fraction of sp³-hybridized carbons (Fsp3) is 0.500. The number of nitrogens with zero attached hydrogens (tertiary/aromatic N) is 2. The van der Waals surface area contributed by atoms with Gasteiger partial charge in [-0.25, -0.2) is 4.98 Å². The van der Waals surface area contributed by atoms with E-state index in [2.05, 4.69) is 21.4 Å². The number of aromatic nitrogens is 2. The highest BCUT2D eigenvalue weighted by molar-refractivity contribution is 5.79. The van der Waals surface area contributed by atoms with Crippen LogP contribution in [0.4, 0.5) is 0 Å². The summed E-state index contributed by atoms with van der Waals surface area (Å²) in [7, 11) is 3.55. The van der Waals surface area contributed by atoms with E-state index in [4.69, 9.17) is 4.74 Å². The lowest BCUT2D eigenvalue weighted by molar-refractivity contribution is -0.122. The van der Waals surface area contributed by atoms with Crippen molar-refractivity contribution in [3.8, 4) is 0 Å².